The predicted molar refractivity (Wildman–Crippen MR) is 76.8 cm³/mol. The Bertz CT molecular complexity index is 519. The van der Waals surface area contributed by atoms with Crippen LogP contribution in [0.1, 0.15) is 10.4 Å². The molecule has 5 N–H and O–H groups in total. The van der Waals surface area contributed by atoms with E-state index in [0.29, 0.717) is 0 Å². The van der Waals surface area contributed by atoms with Crippen molar-refractivity contribution in [2.24, 2.45) is 5.73 Å². The Kier molecular flexibility index (Phi) is 5.70. The minimum Gasteiger partial charge on any atom is -0.478 e. The minimum absolute atomic E-state index is 0.00889. The van der Waals surface area contributed by atoms with Crippen molar-refractivity contribution >= 4 is 46.1 Å². The first-order chi connectivity index (χ1) is 8.93. The molecule has 1 rings (SSSR count). The van der Waals surface area contributed by atoms with Crippen LogP contribution in [-0.2, 0) is 9.59 Å². The van der Waals surface area contributed by atoms with Crippen molar-refractivity contribution < 1.29 is 19.5 Å². The zero-order valence-corrected chi connectivity index (χ0v) is 11.9. The summed E-state index contributed by atoms with van der Waals surface area (Å²) in [5.41, 5.74) is 5.24. The average molecular weight is 377 g/mol. The lowest BCUT2D eigenvalue weighted by molar-refractivity contribution is -0.123. The largest absolute Gasteiger partial charge is 0.478 e. The molecule has 19 heavy (non-hydrogen) atoms. The average Bonchev–Trinajstić information content (AvgIpc) is 2.37. The van der Waals surface area contributed by atoms with Crippen LogP contribution < -0.4 is 16.4 Å². The van der Waals surface area contributed by atoms with E-state index >= 15 is 0 Å². The van der Waals surface area contributed by atoms with Crippen molar-refractivity contribution in [3.63, 3.8) is 0 Å². The summed E-state index contributed by atoms with van der Waals surface area (Å²) in [6, 6.07) is 4.60. The van der Waals surface area contributed by atoms with E-state index < -0.39 is 17.8 Å². The van der Waals surface area contributed by atoms with Gasteiger partial charge < -0.3 is 21.5 Å². The number of anilines is 1. The molecule has 0 unspecified atom stereocenters. The molecule has 0 aliphatic carbocycles. The Morgan fingerprint density at radius 3 is 2.53 bits per heavy atom. The van der Waals surface area contributed by atoms with E-state index in [2.05, 4.69) is 10.6 Å². The zero-order chi connectivity index (χ0) is 14.4. The van der Waals surface area contributed by atoms with Gasteiger partial charge in [0.05, 0.1) is 24.3 Å². The van der Waals surface area contributed by atoms with Crippen molar-refractivity contribution in [1.82, 2.24) is 5.32 Å². The van der Waals surface area contributed by atoms with Gasteiger partial charge in [0.1, 0.15) is 0 Å². The van der Waals surface area contributed by atoms with E-state index in [1.54, 1.807) is 6.07 Å². The first-order valence-corrected chi connectivity index (χ1v) is 6.31. The highest BCUT2D eigenvalue weighted by Crippen LogP contribution is 2.18. The maximum absolute atomic E-state index is 11.5. The Balaban J connectivity index is 2.74. The van der Waals surface area contributed by atoms with Gasteiger partial charge in [-0.2, -0.15) is 0 Å². The van der Waals surface area contributed by atoms with Crippen LogP contribution in [0.5, 0.6) is 0 Å². The molecule has 7 nitrogen and oxygen atoms in total. The number of carbonyl (C=O) groups is 3. The van der Waals surface area contributed by atoms with Crippen LogP contribution in [0.4, 0.5) is 5.69 Å². The van der Waals surface area contributed by atoms with Crippen LogP contribution in [0.25, 0.3) is 0 Å². The molecule has 1 aromatic carbocycles. The van der Waals surface area contributed by atoms with Crippen molar-refractivity contribution in [2.45, 2.75) is 0 Å². The van der Waals surface area contributed by atoms with Crippen molar-refractivity contribution in [1.29, 1.82) is 0 Å². The molecule has 102 valence electrons. The van der Waals surface area contributed by atoms with Gasteiger partial charge in [-0.15, -0.1) is 0 Å². The molecular formula is C11H12IN3O4. The Hall–Kier alpha value is -1.68. The third-order valence-electron chi connectivity index (χ3n) is 2.12. The number of halogens is 1. The van der Waals surface area contributed by atoms with Gasteiger partial charge in [-0.3, -0.25) is 9.59 Å². The summed E-state index contributed by atoms with van der Waals surface area (Å²) in [4.78, 5) is 33.4. The third-order valence-corrected chi connectivity index (χ3v) is 2.79. The Morgan fingerprint density at radius 2 is 1.95 bits per heavy atom. The number of nitrogens with two attached hydrogens (primary N) is 1. The zero-order valence-electron chi connectivity index (χ0n) is 9.77. The molecule has 0 aromatic heterocycles. The molecule has 8 heteroatoms. The monoisotopic (exact) mass is 377 g/mol. The highest BCUT2D eigenvalue weighted by atomic mass is 127. The van der Waals surface area contributed by atoms with E-state index in [9.17, 15) is 14.4 Å². The molecule has 0 heterocycles. The first kappa shape index (κ1) is 15.4. The predicted octanol–water partition coefficient (Wildman–Crippen LogP) is 0.00280. The first-order valence-electron chi connectivity index (χ1n) is 5.23. The van der Waals surface area contributed by atoms with E-state index in [1.165, 1.54) is 12.1 Å². The lowest BCUT2D eigenvalue weighted by atomic mass is 10.2. The molecule has 0 aliphatic heterocycles. The summed E-state index contributed by atoms with van der Waals surface area (Å²) >= 11 is 1.97. The second-order valence-electron chi connectivity index (χ2n) is 3.52. The molecule has 0 saturated heterocycles. The summed E-state index contributed by atoms with van der Waals surface area (Å²) in [6.07, 6.45) is 0. The number of hydrogen-bond acceptors (Lipinski definition) is 4. The molecule has 0 atom stereocenters. The van der Waals surface area contributed by atoms with Crippen molar-refractivity contribution in [3.8, 4) is 0 Å². The number of carboxylic acids is 1. The SMILES string of the molecule is NCC(=O)NCC(=O)Nc1ccc(I)cc1C(=O)O. The van der Waals surface area contributed by atoms with Crippen LogP contribution in [0.3, 0.4) is 0 Å². The number of rotatable bonds is 5. The Morgan fingerprint density at radius 1 is 1.26 bits per heavy atom. The van der Waals surface area contributed by atoms with Gasteiger partial charge >= 0.3 is 5.97 Å². The van der Waals surface area contributed by atoms with Crippen LogP contribution in [0, 0.1) is 3.57 Å². The topological polar surface area (TPSA) is 122 Å². The second-order valence-corrected chi connectivity index (χ2v) is 4.77. The number of nitrogens with one attached hydrogen (secondary N) is 2. The molecule has 1 aromatic rings. The van der Waals surface area contributed by atoms with Gasteiger partial charge in [-0.05, 0) is 40.8 Å². The van der Waals surface area contributed by atoms with Gasteiger partial charge in [-0.1, -0.05) is 0 Å². The normalized spacial score (nSPS) is 9.79. The maximum atomic E-state index is 11.5. The van der Waals surface area contributed by atoms with Gasteiger partial charge in [0, 0.05) is 3.57 Å². The van der Waals surface area contributed by atoms with Crippen molar-refractivity contribution in [2.75, 3.05) is 18.4 Å². The van der Waals surface area contributed by atoms with E-state index in [0.717, 1.165) is 3.57 Å². The molecule has 0 radical (unpaired) electrons. The number of benzene rings is 1. The quantitative estimate of drug-likeness (QED) is 0.539. The summed E-state index contributed by atoms with van der Waals surface area (Å²) < 4.78 is 0.740. The van der Waals surface area contributed by atoms with E-state index in [4.69, 9.17) is 10.8 Å². The number of hydrogen-bond donors (Lipinski definition) is 4. The van der Waals surface area contributed by atoms with Crippen LogP contribution in [0.2, 0.25) is 0 Å². The summed E-state index contributed by atoms with van der Waals surface area (Å²) in [5.74, 6) is -2.12. The summed E-state index contributed by atoms with van der Waals surface area (Å²) in [5, 5.41) is 13.7. The minimum atomic E-state index is -1.14. The molecule has 0 aliphatic rings. The summed E-state index contributed by atoms with van der Waals surface area (Å²) in [7, 11) is 0. The lowest BCUT2D eigenvalue weighted by Crippen LogP contribution is -2.36. The fraction of sp³-hybridized carbons (Fsp3) is 0.182. The smallest absolute Gasteiger partial charge is 0.337 e. The molecular weight excluding hydrogens is 365 g/mol. The molecule has 0 saturated carbocycles. The van der Waals surface area contributed by atoms with Crippen molar-refractivity contribution in [3.05, 3.63) is 27.3 Å². The molecule has 0 spiro atoms. The number of amides is 2. The number of aromatic carboxylic acids is 1. The van der Waals surface area contributed by atoms with Gasteiger partial charge in [-0.25, -0.2) is 4.79 Å². The Labute approximate surface area is 122 Å². The maximum Gasteiger partial charge on any atom is 0.337 e. The fourth-order valence-corrected chi connectivity index (χ4v) is 1.74. The van der Waals surface area contributed by atoms with Gasteiger partial charge in [0.15, 0.2) is 0 Å². The number of carbonyl (C=O) groups excluding carboxylic acids is 2. The van der Waals surface area contributed by atoms with E-state index in [-0.39, 0.29) is 24.3 Å². The van der Waals surface area contributed by atoms with Crippen LogP contribution in [0.15, 0.2) is 18.2 Å². The fourth-order valence-electron chi connectivity index (χ4n) is 1.25. The molecule has 2 amide bonds. The van der Waals surface area contributed by atoms with Crippen LogP contribution in [-0.4, -0.2) is 36.0 Å². The van der Waals surface area contributed by atoms with Gasteiger partial charge in [0.25, 0.3) is 0 Å². The lowest BCUT2D eigenvalue weighted by Gasteiger charge is -2.09. The van der Waals surface area contributed by atoms with Crippen LogP contribution >= 0.6 is 22.6 Å². The second kappa shape index (κ2) is 7.04. The molecule has 0 fully saturated rings. The summed E-state index contributed by atoms with van der Waals surface area (Å²) in [6.45, 7) is -0.474. The highest BCUT2D eigenvalue weighted by Gasteiger charge is 2.13. The third kappa shape index (κ3) is 4.83. The van der Waals surface area contributed by atoms with E-state index in [1.807, 2.05) is 22.6 Å². The number of carboxylic acid groups (broad SMARTS) is 1. The van der Waals surface area contributed by atoms with Gasteiger partial charge in [0.2, 0.25) is 11.8 Å². The standard InChI is InChI=1S/C11H12IN3O4/c12-6-1-2-8(7(3-6)11(18)19)15-10(17)5-14-9(16)4-13/h1-3H,4-5,13H2,(H,14,16)(H,15,17)(H,18,19). The highest BCUT2D eigenvalue weighted by molar-refractivity contribution is 14.1. The molecule has 0 bridgehead atoms.